The van der Waals surface area contributed by atoms with Crippen molar-refractivity contribution in [1.29, 1.82) is 0 Å². The van der Waals surface area contributed by atoms with Gasteiger partial charge in [-0.15, -0.1) is 0 Å². The Morgan fingerprint density at radius 2 is 1.75 bits per heavy atom. The number of hydrogen-bond acceptors (Lipinski definition) is 1. The summed E-state index contributed by atoms with van der Waals surface area (Å²) in [6.45, 7) is 6.83. The van der Waals surface area contributed by atoms with E-state index in [2.05, 4.69) is 56.9 Å². The lowest BCUT2D eigenvalue weighted by Crippen LogP contribution is -2.10. The van der Waals surface area contributed by atoms with Gasteiger partial charge in [0.1, 0.15) is 0 Å². The summed E-state index contributed by atoms with van der Waals surface area (Å²) >= 11 is 0. The van der Waals surface area contributed by atoms with Crippen LogP contribution in [-0.4, -0.2) is 11.7 Å². The zero-order valence-corrected chi connectivity index (χ0v) is 10.4. The smallest absolute Gasteiger partial charge is 0.0440 e. The highest BCUT2D eigenvalue weighted by atomic mass is 16.2. The lowest BCUT2D eigenvalue weighted by Gasteiger charge is -2.18. The number of rotatable bonds is 2. The van der Waals surface area contributed by atoms with Gasteiger partial charge in [-0.1, -0.05) is 44.7 Å². The number of aliphatic hydroxyl groups excluding tert-OH is 1. The minimum absolute atomic E-state index is 0.197. The average Bonchev–Trinajstić information content (AvgIpc) is 2.24. The zero-order chi connectivity index (χ0) is 12.0. The third-order valence-electron chi connectivity index (χ3n) is 2.44. The topological polar surface area (TPSA) is 20.2 Å². The van der Waals surface area contributed by atoms with Crippen LogP contribution < -0.4 is 0 Å². The number of hydrogen-bond donors (Lipinski definition) is 1. The summed E-state index contributed by atoms with van der Waals surface area (Å²) in [6, 6.07) is 8.39. The molecule has 1 N–H and O–H groups in total. The van der Waals surface area contributed by atoms with E-state index in [4.69, 9.17) is 5.11 Å². The SMILES string of the molecule is CC(C)(C)c1ccc(C#CCCCO)cc1. The van der Waals surface area contributed by atoms with Gasteiger partial charge in [0.2, 0.25) is 0 Å². The first kappa shape index (κ1) is 12.8. The quantitative estimate of drug-likeness (QED) is 0.595. The molecule has 0 heterocycles. The highest BCUT2D eigenvalue weighted by Crippen LogP contribution is 2.21. The molecule has 0 saturated heterocycles. The molecule has 1 aromatic carbocycles. The Bertz CT molecular complexity index is 371. The predicted molar refractivity (Wildman–Crippen MR) is 68.3 cm³/mol. The molecule has 0 saturated carbocycles. The summed E-state index contributed by atoms with van der Waals surface area (Å²) in [7, 11) is 0. The lowest BCUT2D eigenvalue weighted by molar-refractivity contribution is 0.290. The molecule has 0 aliphatic rings. The van der Waals surface area contributed by atoms with Gasteiger partial charge in [0.15, 0.2) is 0 Å². The molecule has 0 unspecified atom stereocenters. The lowest BCUT2D eigenvalue weighted by atomic mass is 9.87. The van der Waals surface area contributed by atoms with Gasteiger partial charge in [-0.3, -0.25) is 0 Å². The Labute approximate surface area is 98.5 Å². The van der Waals surface area contributed by atoms with Crippen molar-refractivity contribution in [2.45, 2.75) is 39.0 Å². The third kappa shape index (κ3) is 4.08. The van der Waals surface area contributed by atoms with Gasteiger partial charge in [0.25, 0.3) is 0 Å². The molecule has 1 aromatic rings. The van der Waals surface area contributed by atoms with Gasteiger partial charge in [-0.2, -0.15) is 0 Å². The van der Waals surface area contributed by atoms with E-state index in [-0.39, 0.29) is 12.0 Å². The largest absolute Gasteiger partial charge is 0.396 e. The number of unbranched alkanes of at least 4 members (excludes halogenated alkanes) is 1. The molecular formula is C15H20O. The van der Waals surface area contributed by atoms with Crippen molar-refractivity contribution in [2.24, 2.45) is 0 Å². The van der Waals surface area contributed by atoms with Gasteiger partial charge >= 0.3 is 0 Å². The summed E-state index contributed by atoms with van der Waals surface area (Å²) in [6.07, 6.45) is 1.52. The van der Waals surface area contributed by atoms with Crippen LogP contribution in [-0.2, 0) is 5.41 Å². The second-order valence-electron chi connectivity index (χ2n) is 4.96. The van der Waals surface area contributed by atoms with Crippen LogP contribution in [0.2, 0.25) is 0 Å². The van der Waals surface area contributed by atoms with Crippen LogP contribution in [0.4, 0.5) is 0 Å². The minimum atomic E-state index is 0.197. The van der Waals surface area contributed by atoms with E-state index >= 15 is 0 Å². The van der Waals surface area contributed by atoms with Crippen LogP contribution in [0.3, 0.4) is 0 Å². The van der Waals surface area contributed by atoms with Crippen molar-refractivity contribution in [1.82, 2.24) is 0 Å². The van der Waals surface area contributed by atoms with E-state index in [0.29, 0.717) is 0 Å². The molecule has 0 amide bonds. The highest BCUT2D eigenvalue weighted by molar-refractivity contribution is 5.37. The van der Waals surface area contributed by atoms with Crippen molar-refractivity contribution in [3.63, 3.8) is 0 Å². The van der Waals surface area contributed by atoms with Gasteiger partial charge in [0.05, 0.1) is 0 Å². The second kappa shape index (κ2) is 5.72. The molecule has 0 spiro atoms. The molecular weight excluding hydrogens is 196 g/mol. The fraction of sp³-hybridized carbons (Fsp3) is 0.467. The highest BCUT2D eigenvalue weighted by Gasteiger charge is 2.12. The van der Waals surface area contributed by atoms with Crippen LogP contribution >= 0.6 is 0 Å². The maximum Gasteiger partial charge on any atom is 0.0440 e. The van der Waals surface area contributed by atoms with Gasteiger partial charge < -0.3 is 5.11 Å². The van der Waals surface area contributed by atoms with E-state index < -0.39 is 0 Å². The number of aliphatic hydroxyl groups is 1. The number of benzene rings is 1. The fourth-order valence-corrected chi connectivity index (χ4v) is 1.39. The first-order chi connectivity index (χ1) is 7.54. The summed E-state index contributed by atoms with van der Waals surface area (Å²) < 4.78 is 0. The Hall–Kier alpha value is -1.26. The minimum Gasteiger partial charge on any atom is -0.396 e. The Morgan fingerprint density at radius 3 is 2.25 bits per heavy atom. The molecule has 0 atom stereocenters. The monoisotopic (exact) mass is 216 g/mol. The molecule has 86 valence electrons. The molecule has 0 radical (unpaired) electrons. The van der Waals surface area contributed by atoms with Crippen LogP contribution in [0.5, 0.6) is 0 Å². The maximum atomic E-state index is 8.62. The van der Waals surface area contributed by atoms with Crippen LogP contribution in [0, 0.1) is 11.8 Å². The van der Waals surface area contributed by atoms with Gasteiger partial charge in [-0.25, -0.2) is 0 Å². The molecule has 16 heavy (non-hydrogen) atoms. The molecule has 1 heteroatoms. The second-order valence-corrected chi connectivity index (χ2v) is 4.96. The van der Waals surface area contributed by atoms with Crippen molar-refractivity contribution in [3.05, 3.63) is 35.4 Å². The van der Waals surface area contributed by atoms with Crippen LogP contribution in [0.1, 0.15) is 44.7 Å². The molecule has 1 rings (SSSR count). The maximum absolute atomic E-state index is 8.62. The van der Waals surface area contributed by atoms with E-state index in [1.54, 1.807) is 0 Å². The van der Waals surface area contributed by atoms with Crippen molar-refractivity contribution in [2.75, 3.05) is 6.61 Å². The molecule has 0 aliphatic heterocycles. The summed E-state index contributed by atoms with van der Waals surface area (Å²) in [5.41, 5.74) is 2.57. The Morgan fingerprint density at radius 1 is 1.12 bits per heavy atom. The molecule has 0 fully saturated rings. The normalized spacial score (nSPS) is 10.8. The average molecular weight is 216 g/mol. The summed E-state index contributed by atoms with van der Waals surface area (Å²) in [4.78, 5) is 0. The molecule has 0 aliphatic carbocycles. The zero-order valence-electron chi connectivity index (χ0n) is 10.4. The van der Waals surface area contributed by atoms with Crippen molar-refractivity contribution >= 4 is 0 Å². The van der Waals surface area contributed by atoms with Crippen LogP contribution in [0.25, 0.3) is 0 Å². The fourth-order valence-electron chi connectivity index (χ4n) is 1.39. The standard InChI is InChI=1S/C15H20O/c1-15(2,3)14-10-8-13(9-11-14)7-5-4-6-12-16/h8-11,16H,4,6,12H2,1-3H3. The first-order valence-corrected chi connectivity index (χ1v) is 5.74. The Kier molecular flexibility index (Phi) is 4.58. The first-order valence-electron chi connectivity index (χ1n) is 5.74. The van der Waals surface area contributed by atoms with E-state index in [0.717, 1.165) is 18.4 Å². The molecule has 0 bridgehead atoms. The predicted octanol–water partition coefficient (Wildman–Crippen LogP) is 3.11. The van der Waals surface area contributed by atoms with Gasteiger partial charge in [0, 0.05) is 18.6 Å². The van der Waals surface area contributed by atoms with Crippen molar-refractivity contribution < 1.29 is 5.11 Å². The Balaban J connectivity index is 2.67. The molecule has 0 aromatic heterocycles. The van der Waals surface area contributed by atoms with E-state index in [1.165, 1.54) is 5.56 Å². The summed E-state index contributed by atoms with van der Waals surface area (Å²) in [5, 5.41) is 8.62. The van der Waals surface area contributed by atoms with Crippen LogP contribution in [0.15, 0.2) is 24.3 Å². The summed E-state index contributed by atoms with van der Waals surface area (Å²) in [5.74, 6) is 6.15. The third-order valence-corrected chi connectivity index (χ3v) is 2.44. The van der Waals surface area contributed by atoms with Gasteiger partial charge in [-0.05, 0) is 29.5 Å². The molecule has 1 nitrogen and oxygen atoms in total. The van der Waals surface area contributed by atoms with E-state index in [9.17, 15) is 0 Å². The van der Waals surface area contributed by atoms with Crippen molar-refractivity contribution in [3.8, 4) is 11.8 Å². The van der Waals surface area contributed by atoms with E-state index in [1.807, 2.05) is 0 Å².